The molecule has 7 heteroatoms. The van der Waals surface area contributed by atoms with Crippen LogP contribution >= 0.6 is 0 Å². The molecule has 0 spiro atoms. The molecule has 1 heterocycles. The number of phenols is 1. The van der Waals surface area contributed by atoms with Crippen LogP contribution in [0.5, 0.6) is 28.7 Å². The Balaban J connectivity index is 1.81. The molecule has 0 saturated carbocycles. The molecule has 3 aromatic carbocycles. The number of ether oxygens (including phenoxy) is 4. The van der Waals surface area contributed by atoms with E-state index in [0.29, 0.717) is 22.9 Å². The minimum Gasteiger partial charge on any atom is -0.508 e. The molecule has 1 aliphatic rings. The maximum atomic E-state index is 13.4. The highest BCUT2D eigenvalue weighted by atomic mass is 16.5. The van der Waals surface area contributed by atoms with Crippen molar-refractivity contribution in [1.29, 1.82) is 0 Å². The summed E-state index contributed by atoms with van der Waals surface area (Å²) in [5.74, 6) is 1.83. The monoisotopic (exact) mass is 435 g/mol. The van der Waals surface area contributed by atoms with E-state index < -0.39 is 5.92 Å². The summed E-state index contributed by atoms with van der Waals surface area (Å²) in [4.78, 5) is 15.2. The molecule has 2 atom stereocenters. The fourth-order valence-corrected chi connectivity index (χ4v) is 4.13. The average Bonchev–Trinajstić information content (AvgIpc) is 2.83. The Morgan fingerprint density at radius 3 is 1.81 bits per heavy atom. The van der Waals surface area contributed by atoms with E-state index in [9.17, 15) is 9.90 Å². The number of hydrogen-bond donors (Lipinski definition) is 1. The zero-order valence-electron chi connectivity index (χ0n) is 18.4. The number of hydrogen-bond acceptors (Lipinski definition) is 6. The number of nitrogens with zero attached hydrogens (tertiary/aromatic N) is 1. The lowest BCUT2D eigenvalue weighted by molar-refractivity contribution is -0.126. The third-order valence-corrected chi connectivity index (χ3v) is 5.73. The van der Waals surface area contributed by atoms with Gasteiger partial charge in [0.1, 0.15) is 11.5 Å². The van der Waals surface area contributed by atoms with E-state index in [1.54, 1.807) is 62.6 Å². The molecule has 1 N–H and O–H groups in total. The summed E-state index contributed by atoms with van der Waals surface area (Å²) in [6.45, 7) is 0. The van der Waals surface area contributed by atoms with Gasteiger partial charge in [0.15, 0.2) is 11.5 Å². The van der Waals surface area contributed by atoms with Crippen molar-refractivity contribution >= 4 is 11.6 Å². The van der Waals surface area contributed by atoms with Crippen molar-refractivity contribution in [3.05, 3.63) is 71.8 Å². The summed E-state index contributed by atoms with van der Waals surface area (Å²) in [5, 5.41) is 9.68. The van der Waals surface area contributed by atoms with E-state index in [0.717, 1.165) is 16.9 Å². The van der Waals surface area contributed by atoms with Gasteiger partial charge < -0.3 is 29.0 Å². The van der Waals surface area contributed by atoms with Crippen LogP contribution in [0.15, 0.2) is 60.7 Å². The quantitative estimate of drug-likeness (QED) is 0.558. The minimum atomic E-state index is -0.400. The standard InChI is InChI=1S/C25H25NO6/c1-29-19-11-7-16(8-12-19)23-22(15-5-9-18(27)10-6-15)25(28)26(23)17-13-20(30-2)24(32-4)21(14-17)31-3/h5-14,22-23,27H,1-4H3/t22-,23-/m1/s1. The van der Waals surface area contributed by atoms with Gasteiger partial charge in [0.25, 0.3) is 0 Å². The number of phenolic OH excluding ortho intramolecular Hbond substituents is 1. The van der Waals surface area contributed by atoms with Crippen LogP contribution in [0.25, 0.3) is 0 Å². The molecule has 7 nitrogen and oxygen atoms in total. The van der Waals surface area contributed by atoms with E-state index in [2.05, 4.69) is 0 Å². The third-order valence-electron chi connectivity index (χ3n) is 5.73. The molecule has 1 saturated heterocycles. The van der Waals surface area contributed by atoms with E-state index in [1.165, 1.54) is 7.11 Å². The number of β-lactam (4-membered cyclic amide) rings is 1. The van der Waals surface area contributed by atoms with E-state index in [1.807, 2.05) is 24.3 Å². The molecule has 1 aliphatic heterocycles. The van der Waals surface area contributed by atoms with Gasteiger partial charge in [-0.3, -0.25) is 4.79 Å². The van der Waals surface area contributed by atoms with Crippen LogP contribution in [0, 0.1) is 0 Å². The maximum Gasteiger partial charge on any atom is 0.237 e. The van der Waals surface area contributed by atoms with Gasteiger partial charge >= 0.3 is 0 Å². The van der Waals surface area contributed by atoms with Crippen molar-refractivity contribution in [3.63, 3.8) is 0 Å². The maximum absolute atomic E-state index is 13.4. The molecule has 0 bridgehead atoms. The summed E-state index contributed by atoms with van der Waals surface area (Å²) >= 11 is 0. The molecular weight excluding hydrogens is 410 g/mol. The van der Waals surface area contributed by atoms with Crippen LogP contribution in [0.3, 0.4) is 0 Å². The Bertz CT molecular complexity index is 1090. The predicted molar refractivity (Wildman–Crippen MR) is 120 cm³/mol. The normalized spacial score (nSPS) is 17.5. The number of rotatable bonds is 7. The van der Waals surface area contributed by atoms with Crippen molar-refractivity contribution in [2.24, 2.45) is 0 Å². The van der Waals surface area contributed by atoms with E-state index in [4.69, 9.17) is 18.9 Å². The summed E-state index contributed by atoms with van der Waals surface area (Å²) in [5.41, 5.74) is 2.43. The lowest BCUT2D eigenvalue weighted by Gasteiger charge is -2.48. The van der Waals surface area contributed by atoms with Crippen molar-refractivity contribution < 1.29 is 28.8 Å². The van der Waals surface area contributed by atoms with E-state index >= 15 is 0 Å². The van der Waals surface area contributed by atoms with Crippen LogP contribution < -0.4 is 23.8 Å². The molecule has 1 fully saturated rings. The second kappa shape index (κ2) is 8.70. The highest BCUT2D eigenvalue weighted by Crippen LogP contribution is 2.52. The summed E-state index contributed by atoms with van der Waals surface area (Å²) in [7, 11) is 6.23. The Morgan fingerprint density at radius 1 is 0.750 bits per heavy atom. The zero-order chi connectivity index (χ0) is 22.8. The van der Waals surface area contributed by atoms with Crippen molar-refractivity contribution in [2.45, 2.75) is 12.0 Å². The minimum absolute atomic E-state index is 0.0641. The number of carbonyl (C=O) groups is 1. The third kappa shape index (κ3) is 3.56. The lowest BCUT2D eigenvalue weighted by atomic mass is 9.77. The SMILES string of the molecule is COc1ccc([C@@H]2[C@@H](c3ccc(O)cc3)C(=O)N2c2cc(OC)c(OC)c(OC)c2)cc1. The van der Waals surface area contributed by atoms with Gasteiger partial charge in [-0.1, -0.05) is 24.3 Å². The summed E-state index contributed by atoms with van der Waals surface area (Å²) in [6.07, 6.45) is 0. The molecule has 4 rings (SSSR count). The topological polar surface area (TPSA) is 77.5 Å². The van der Waals surface area contributed by atoms with Gasteiger partial charge in [-0.05, 0) is 35.4 Å². The number of methoxy groups -OCH3 is 4. The first-order valence-corrected chi connectivity index (χ1v) is 10.1. The van der Waals surface area contributed by atoms with Gasteiger partial charge in [-0.2, -0.15) is 0 Å². The van der Waals surface area contributed by atoms with Gasteiger partial charge in [0.2, 0.25) is 11.7 Å². The molecule has 0 aliphatic carbocycles. The van der Waals surface area contributed by atoms with Crippen LogP contribution in [0.2, 0.25) is 0 Å². The van der Waals surface area contributed by atoms with Crippen LogP contribution in [0.4, 0.5) is 5.69 Å². The fourth-order valence-electron chi connectivity index (χ4n) is 4.13. The lowest BCUT2D eigenvalue weighted by Crippen LogP contribution is -2.53. The first-order valence-electron chi connectivity index (χ1n) is 10.1. The molecule has 0 unspecified atom stereocenters. The number of carbonyl (C=O) groups excluding carboxylic acids is 1. The van der Waals surface area contributed by atoms with E-state index in [-0.39, 0.29) is 17.7 Å². The first kappa shape index (κ1) is 21.4. The van der Waals surface area contributed by atoms with Crippen LogP contribution in [-0.2, 0) is 4.79 Å². The number of anilines is 1. The smallest absolute Gasteiger partial charge is 0.237 e. The Hall–Kier alpha value is -3.87. The second-order valence-electron chi connectivity index (χ2n) is 7.38. The molecular formula is C25H25NO6. The Labute approximate surface area is 186 Å². The highest BCUT2D eigenvalue weighted by Gasteiger charge is 2.50. The molecule has 3 aromatic rings. The predicted octanol–water partition coefficient (Wildman–Crippen LogP) is 4.30. The molecule has 1 amide bonds. The van der Waals surface area contributed by atoms with Crippen molar-refractivity contribution in [3.8, 4) is 28.7 Å². The van der Waals surface area contributed by atoms with Crippen molar-refractivity contribution in [1.82, 2.24) is 0 Å². The Morgan fingerprint density at radius 2 is 1.31 bits per heavy atom. The number of aromatic hydroxyl groups is 1. The van der Waals surface area contributed by atoms with Crippen molar-refractivity contribution in [2.75, 3.05) is 33.3 Å². The highest BCUT2D eigenvalue weighted by molar-refractivity contribution is 6.07. The van der Waals surface area contributed by atoms with Crippen LogP contribution in [-0.4, -0.2) is 39.5 Å². The van der Waals surface area contributed by atoms with Gasteiger partial charge in [-0.15, -0.1) is 0 Å². The first-order chi connectivity index (χ1) is 15.5. The average molecular weight is 435 g/mol. The van der Waals surface area contributed by atoms with Gasteiger partial charge in [0.05, 0.1) is 46.1 Å². The molecule has 32 heavy (non-hydrogen) atoms. The second-order valence-corrected chi connectivity index (χ2v) is 7.38. The Kier molecular flexibility index (Phi) is 5.81. The molecule has 0 aromatic heterocycles. The molecule has 166 valence electrons. The molecule has 0 radical (unpaired) electrons. The zero-order valence-corrected chi connectivity index (χ0v) is 18.4. The fraction of sp³-hybridized carbons (Fsp3) is 0.240. The largest absolute Gasteiger partial charge is 0.508 e. The summed E-state index contributed by atoms with van der Waals surface area (Å²) < 4.78 is 21.7. The van der Waals surface area contributed by atoms with Gasteiger partial charge in [-0.25, -0.2) is 0 Å². The van der Waals surface area contributed by atoms with Gasteiger partial charge in [0, 0.05) is 12.1 Å². The summed E-state index contributed by atoms with van der Waals surface area (Å²) in [6, 6.07) is 17.7. The number of amides is 1. The number of benzene rings is 3. The van der Waals surface area contributed by atoms with Crippen LogP contribution in [0.1, 0.15) is 23.1 Å².